The highest BCUT2D eigenvalue weighted by molar-refractivity contribution is 8.76. The van der Waals surface area contributed by atoms with E-state index in [9.17, 15) is 19.2 Å². The number of ether oxygens (including phenoxy) is 8. The number of amides is 1. The lowest BCUT2D eigenvalue weighted by atomic mass is 10.2. The van der Waals surface area contributed by atoms with Crippen molar-refractivity contribution >= 4 is 45.4 Å². The van der Waals surface area contributed by atoms with Gasteiger partial charge in [-0.25, -0.2) is 0 Å². The molecule has 18 nitrogen and oxygen atoms in total. The maximum atomic E-state index is 11.6. The first kappa shape index (κ1) is 56.5. The lowest BCUT2D eigenvalue weighted by Crippen LogP contribution is -2.30. The van der Waals surface area contributed by atoms with Crippen molar-refractivity contribution in [3.63, 3.8) is 0 Å². The standard InChI is InChI=1S/C15H29NO6S2.C12H22O7.C7H16O4/c1-4-12(10-17)22-15(20-2)11-21-14(19)7-5-6-13(18)16-8-9-24-23-3;1-3-9(7-13)19-12(17-2)8-18-11(16)6-4-5-10(14)15;1-3-6(4-8)11-7(5-9)10-2/h12,15,17H,4-11H2,1-3H3,(H,16,18);9,12-13H,3-8H2,1-2H3,(H,14,15);6-9H,3-5H2,1-2H3. The van der Waals surface area contributed by atoms with Gasteiger partial charge in [0, 0.05) is 59.3 Å². The van der Waals surface area contributed by atoms with Crippen LogP contribution in [0.4, 0.5) is 0 Å². The molecule has 0 saturated heterocycles. The van der Waals surface area contributed by atoms with Gasteiger partial charge in [-0.3, -0.25) is 19.2 Å². The summed E-state index contributed by atoms with van der Waals surface area (Å²) in [4.78, 5) is 44.8. The average Bonchev–Trinajstić information content (AvgIpc) is 3.17. The van der Waals surface area contributed by atoms with E-state index in [4.69, 9.17) is 63.4 Å². The van der Waals surface area contributed by atoms with Crippen LogP contribution in [0.2, 0.25) is 0 Å². The van der Waals surface area contributed by atoms with E-state index < -0.39 is 36.8 Å². The zero-order valence-corrected chi connectivity index (χ0v) is 34.6. The van der Waals surface area contributed by atoms with Crippen LogP contribution in [0.1, 0.15) is 78.6 Å². The predicted molar refractivity (Wildman–Crippen MR) is 202 cm³/mol. The number of carbonyl (C=O) groups is 4. The second-order valence-corrected chi connectivity index (χ2v) is 13.7. The zero-order valence-electron chi connectivity index (χ0n) is 32.9. The molecule has 0 spiro atoms. The number of nitrogens with one attached hydrogen (secondary N) is 1. The molecule has 0 aromatic rings. The van der Waals surface area contributed by atoms with Crippen LogP contribution < -0.4 is 5.32 Å². The van der Waals surface area contributed by atoms with Crippen LogP contribution >= 0.6 is 21.6 Å². The first-order valence-electron chi connectivity index (χ1n) is 17.8. The minimum atomic E-state index is -0.945. The Labute approximate surface area is 328 Å². The first-order valence-corrected chi connectivity index (χ1v) is 20.5. The second kappa shape index (κ2) is 40.8. The highest BCUT2D eigenvalue weighted by atomic mass is 33.1. The van der Waals surface area contributed by atoms with Crippen molar-refractivity contribution in [2.24, 2.45) is 0 Å². The number of hydrogen-bond acceptors (Lipinski definition) is 18. The molecule has 0 aliphatic carbocycles. The third-order valence-corrected chi connectivity index (χ3v) is 8.70. The third-order valence-electron chi connectivity index (χ3n) is 6.89. The maximum absolute atomic E-state index is 11.6. The molecular formula is C34H67NO17S2. The summed E-state index contributed by atoms with van der Waals surface area (Å²) in [6, 6.07) is 0. The van der Waals surface area contributed by atoms with Crippen LogP contribution in [0.3, 0.4) is 0 Å². The largest absolute Gasteiger partial charge is 0.481 e. The van der Waals surface area contributed by atoms with Crippen molar-refractivity contribution < 1.29 is 82.6 Å². The molecule has 0 heterocycles. The average molecular weight is 826 g/mol. The van der Waals surface area contributed by atoms with Crippen LogP contribution in [-0.2, 0) is 57.1 Å². The van der Waals surface area contributed by atoms with Gasteiger partial charge in [0.2, 0.25) is 5.91 Å². The quantitative estimate of drug-likeness (QED) is 0.0245. The van der Waals surface area contributed by atoms with Crippen LogP contribution in [0.25, 0.3) is 0 Å². The highest BCUT2D eigenvalue weighted by Crippen LogP contribution is 2.15. The van der Waals surface area contributed by atoms with Crippen molar-refractivity contribution in [2.75, 3.05) is 79.5 Å². The first-order chi connectivity index (χ1) is 25.9. The minimum Gasteiger partial charge on any atom is -0.481 e. The number of carbonyl (C=O) groups excluding carboxylic acids is 3. The molecule has 322 valence electrons. The Bertz CT molecular complexity index is 882. The Kier molecular flexibility index (Phi) is 42.7. The van der Waals surface area contributed by atoms with E-state index in [1.165, 1.54) is 21.3 Å². The fourth-order valence-corrected chi connectivity index (χ4v) is 4.70. The van der Waals surface area contributed by atoms with Crippen molar-refractivity contribution in [1.82, 2.24) is 5.32 Å². The summed E-state index contributed by atoms with van der Waals surface area (Å²) in [5, 5.41) is 46.6. The Morgan fingerprint density at radius 3 is 1.35 bits per heavy atom. The number of esters is 2. The molecule has 20 heteroatoms. The Morgan fingerprint density at radius 1 is 0.611 bits per heavy atom. The number of rotatable bonds is 32. The van der Waals surface area contributed by atoms with Gasteiger partial charge in [0.25, 0.3) is 0 Å². The number of aliphatic carboxylic acids is 1. The smallest absolute Gasteiger partial charge is 0.305 e. The van der Waals surface area contributed by atoms with Crippen LogP contribution in [0.15, 0.2) is 0 Å². The zero-order chi connectivity index (χ0) is 41.6. The molecular weight excluding hydrogens is 758 g/mol. The third kappa shape index (κ3) is 35.9. The SMILES string of the molecule is CCC(CO)OC(CO)OC.CCC(CO)OC(COC(=O)CCCC(=O)NCCSSC)OC.CCC(CO)OC(COC(=O)CCCC(=O)O)OC. The number of methoxy groups -OCH3 is 3. The van der Waals surface area contributed by atoms with Gasteiger partial charge in [-0.1, -0.05) is 42.4 Å². The molecule has 54 heavy (non-hydrogen) atoms. The molecule has 0 aliphatic heterocycles. The van der Waals surface area contributed by atoms with Crippen molar-refractivity contribution in [2.45, 2.75) is 116 Å². The molecule has 0 fully saturated rings. The van der Waals surface area contributed by atoms with Gasteiger partial charge >= 0.3 is 17.9 Å². The van der Waals surface area contributed by atoms with Crippen LogP contribution in [-0.4, -0.2) is 166 Å². The lowest BCUT2D eigenvalue weighted by molar-refractivity contribution is -0.194. The Morgan fingerprint density at radius 2 is 1.02 bits per heavy atom. The van der Waals surface area contributed by atoms with E-state index in [1.807, 2.05) is 27.0 Å². The molecule has 0 bridgehead atoms. The van der Waals surface area contributed by atoms with Gasteiger partial charge in [-0.05, 0) is 38.4 Å². The second-order valence-electron chi connectivity index (χ2n) is 11.0. The number of hydrogen-bond donors (Lipinski definition) is 6. The number of carboxylic acids is 1. The van der Waals surface area contributed by atoms with Gasteiger partial charge in [0.15, 0.2) is 18.9 Å². The van der Waals surface area contributed by atoms with E-state index in [0.29, 0.717) is 38.6 Å². The summed E-state index contributed by atoms with van der Waals surface area (Å²) < 4.78 is 40.7. The van der Waals surface area contributed by atoms with E-state index in [0.717, 1.165) is 5.75 Å². The van der Waals surface area contributed by atoms with Crippen molar-refractivity contribution in [3.8, 4) is 0 Å². The molecule has 6 unspecified atom stereocenters. The normalized spacial score (nSPS) is 14.1. The van der Waals surface area contributed by atoms with Gasteiger partial charge in [-0.15, -0.1) is 0 Å². The molecule has 6 atom stereocenters. The summed E-state index contributed by atoms with van der Waals surface area (Å²) in [6.45, 7) is 5.65. The monoisotopic (exact) mass is 825 g/mol. The van der Waals surface area contributed by atoms with Gasteiger partial charge in [0.1, 0.15) is 13.2 Å². The summed E-state index contributed by atoms with van der Waals surface area (Å²) in [7, 11) is 7.65. The number of aliphatic hydroxyl groups excluding tert-OH is 4. The molecule has 0 saturated carbocycles. The fraction of sp³-hybridized carbons (Fsp3) is 0.882. The van der Waals surface area contributed by atoms with Gasteiger partial charge < -0.3 is 68.7 Å². The molecule has 0 aromatic heterocycles. The molecule has 0 rings (SSSR count). The molecule has 1 amide bonds. The fourth-order valence-electron chi connectivity index (χ4n) is 3.60. The molecule has 0 aliphatic rings. The lowest BCUT2D eigenvalue weighted by Gasteiger charge is -2.21. The van der Waals surface area contributed by atoms with E-state index in [1.54, 1.807) is 21.6 Å². The van der Waals surface area contributed by atoms with E-state index >= 15 is 0 Å². The summed E-state index contributed by atoms with van der Waals surface area (Å²) in [5.74, 6) is -1.04. The summed E-state index contributed by atoms with van der Waals surface area (Å²) >= 11 is 0. The molecule has 6 N–H and O–H groups in total. The topological polar surface area (TPSA) is 255 Å². The summed E-state index contributed by atoms with van der Waals surface area (Å²) in [5.41, 5.74) is 0. The van der Waals surface area contributed by atoms with E-state index in [2.05, 4.69) is 5.32 Å². The molecule has 0 radical (unpaired) electrons. The van der Waals surface area contributed by atoms with Gasteiger partial charge in [0.05, 0.1) is 44.7 Å². The van der Waals surface area contributed by atoms with Gasteiger partial charge in [-0.2, -0.15) is 0 Å². The summed E-state index contributed by atoms with van der Waals surface area (Å²) in [6.07, 6.45) is 2.04. The number of aliphatic hydroxyl groups is 4. The Hall–Kier alpha value is -1.82. The predicted octanol–water partition coefficient (Wildman–Crippen LogP) is 1.87. The van der Waals surface area contributed by atoms with Crippen LogP contribution in [0, 0.1) is 0 Å². The molecule has 0 aromatic carbocycles. The van der Waals surface area contributed by atoms with Crippen molar-refractivity contribution in [3.05, 3.63) is 0 Å². The number of carboxylic acid groups (broad SMARTS) is 1. The highest BCUT2D eigenvalue weighted by Gasteiger charge is 2.18. The minimum absolute atomic E-state index is 0.0378. The maximum Gasteiger partial charge on any atom is 0.305 e. The van der Waals surface area contributed by atoms with Crippen molar-refractivity contribution in [1.29, 1.82) is 0 Å². The van der Waals surface area contributed by atoms with E-state index in [-0.39, 0.29) is 89.5 Å². The Balaban J connectivity index is -0.000000772. The van der Waals surface area contributed by atoms with Crippen LogP contribution in [0.5, 0.6) is 0 Å².